The zero-order valence-electron chi connectivity index (χ0n) is 11.4. The second kappa shape index (κ2) is 6.02. The summed E-state index contributed by atoms with van der Waals surface area (Å²) >= 11 is 0. The molecular weight excluding hydrogens is 245 g/mol. The van der Waals surface area contributed by atoms with Crippen LogP contribution < -0.4 is 15.5 Å². The maximum absolute atomic E-state index is 14.2. The minimum atomic E-state index is -0.279. The smallest absolute Gasteiger partial charge is 0.242 e. The van der Waals surface area contributed by atoms with Gasteiger partial charge < -0.3 is 15.5 Å². The Balaban J connectivity index is 2.27. The Morgan fingerprint density at radius 1 is 1.53 bits per heavy atom. The topological polar surface area (TPSA) is 44.4 Å². The molecule has 1 fully saturated rings. The third kappa shape index (κ3) is 2.87. The molecule has 1 aliphatic rings. The molecule has 1 aliphatic heterocycles. The van der Waals surface area contributed by atoms with E-state index in [1.54, 1.807) is 6.07 Å². The largest absolute Gasteiger partial charge is 0.355 e. The number of nitrogens with zero attached hydrogens (tertiary/aromatic N) is 1. The Morgan fingerprint density at radius 3 is 2.95 bits per heavy atom. The monoisotopic (exact) mass is 265 g/mol. The molecule has 1 unspecified atom stereocenters. The first kappa shape index (κ1) is 13.8. The Bertz CT molecular complexity index is 464. The molecule has 1 atom stereocenters. The Labute approximate surface area is 113 Å². The van der Waals surface area contributed by atoms with Gasteiger partial charge in [0.2, 0.25) is 5.91 Å². The van der Waals surface area contributed by atoms with E-state index in [9.17, 15) is 9.18 Å². The molecular formula is C14H20FN3O. The fraction of sp³-hybridized carbons (Fsp3) is 0.500. The van der Waals surface area contributed by atoms with E-state index in [1.807, 2.05) is 24.9 Å². The molecule has 5 heteroatoms. The molecule has 0 spiro atoms. The van der Waals surface area contributed by atoms with Crippen molar-refractivity contribution < 1.29 is 9.18 Å². The van der Waals surface area contributed by atoms with Crippen molar-refractivity contribution in [1.82, 2.24) is 10.6 Å². The number of hydrogen-bond donors (Lipinski definition) is 2. The van der Waals surface area contributed by atoms with Gasteiger partial charge in [-0.3, -0.25) is 4.79 Å². The number of halogens is 1. The summed E-state index contributed by atoms with van der Waals surface area (Å²) in [5.41, 5.74) is 1.42. The van der Waals surface area contributed by atoms with Crippen molar-refractivity contribution in [1.29, 1.82) is 0 Å². The van der Waals surface area contributed by atoms with Gasteiger partial charge in [-0.1, -0.05) is 13.0 Å². The highest BCUT2D eigenvalue weighted by molar-refractivity contribution is 5.86. The van der Waals surface area contributed by atoms with Crippen LogP contribution in [0.4, 0.5) is 10.1 Å². The molecule has 1 aromatic carbocycles. The first-order valence-corrected chi connectivity index (χ1v) is 6.64. The molecule has 1 heterocycles. The Morgan fingerprint density at radius 2 is 2.32 bits per heavy atom. The van der Waals surface area contributed by atoms with E-state index in [2.05, 4.69) is 10.6 Å². The van der Waals surface area contributed by atoms with Crippen LogP contribution in [0.3, 0.4) is 0 Å². The molecule has 0 aromatic heterocycles. The van der Waals surface area contributed by atoms with Gasteiger partial charge in [-0.05, 0) is 31.2 Å². The Kier molecular flexibility index (Phi) is 4.37. The third-order valence-corrected chi connectivity index (χ3v) is 3.42. The number of carbonyl (C=O) groups is 1. The molecule has 0 radical (unpaired) electrons. The fourth-order valence-corrected chi connectivity index (χ4v) is 2.51. The maximum Gasteiger partial charge on any atom is 0.242 e. The minimum Gasteiger partial charge on any atom is -0.355 e. The average Bonchev–Trinajstić information content (AvgIpc) is 2.39. The van der Waals surface area contributed by atoms with Crippen LogP contribution in [0.15, 0.2) is 18.2 Å². The molecule has 19 heavy (non-hydrogen) atoms. The van der Waals surface area contributed by atoms with Crippen molar-refractivity contribution in [3.05, 3.63) is 29.6 Å². The summed E-state index contributed by atoms with van der Waals surface area (Å²) in [6.07, 6.45) is 0.670. The van der Waals surface area contributed by atoms with Gasteiger partial charge in [0, 0.05) is 19.6 Å². The van der Waals surface area contributed by atoms with E-state index in [0.29, 0.717) is 31.7 Å². The highest BCUT2D eigenvalue weighted by Gasteiger charge is 2.29. The van der Waals surface area contributed by atoms with Crippen LogP contribution in [0.25, 0.3) is 0 Å². The minimum absolute atomic E-state index is 0.0209. The van der Waals surface area contributed by atoms with Gasteiger partial charge in [-0.25, -0.2) is 4.39 Å². The maximum atomic E-state index is 14.2. The van der Waals surface area contributed by atoms with Gasteiger partial charge in [0.25, 0.3) is 0 Å². The molecule has 4 nitrogen and oxygen atoms in total. The standard InChI is InChI=1S/C14H20FN3O/c1-3-12-14(19)17-6-7-18(12)13-5-4-10(9-16-2)8-11(13)15/h4-5,8,12,16H,3,6-7,9H2,1-2H3,(H,17,19). The van der Waals surface area contributed by atoms with Crippen molar-refractivity contribution in [2.75, 3.05) is 25.0 Å². The van der Waals surface area contributed by atoms with Crippen LogP contribution in [0, 0.1) is 5.82 Å². The first-order chi connectivity index (χ1) is 9.17. The number of amides is 1. The lowest BCUT2D eigenvalue weighted by molar-refractivity contribution is -0.123. The zero-order chi connectivity index (χ0) is 13.8. The molecule has 2 N–H and O–H groups in total. The van der Waals surface area contributed by atoms with E-state index in [0.717, 1.165) is 5.56 Å². The van der Waals surface area contributed by atoms with Crippen molar-refractivity contribution >= 4 is 11.6 Å². The van der Waals surface area contributed by atoms with E-state index >= 15 is 0 Å². The normalized spacial score (nSPS) is 19.4. The van der Waals surface area contributed by atoms with Crippen LogP contribution in [0.1, 0.15) is 18.9 Å². The number of nitrogens with one attached hydrogen (secondary N) is 2. The number of anilines is 1. The lowest BCUT2D eigenvalue weighted by Crippen LogP contribution is -2.55. The number of rotatable bonds is 4. The van der Waals surface area contributed by atoms with Gasteiger partial charge >= 0.3 is 0 Å². The van der Waals surface area contributed by atoms with Gasteiger partial charge in [0.1, 0.15) is 11.9 Å². The van der Waals surface area contributed by atoms with E-state index < -0.39 is 0 Å². The summed E-state index contributed by atoms with van der Waals surface area (Å²) < 4.78 is 14.2. The highest BCUT2D eigenvalue weighted by Crippen LogP contribution is 2.24. The van der Waals surface area contributed by atoms with Gasteiger partial charge in [0.05, 0.1) is 5.69 Å². The molecule has 1 aromatic rings. The molecule has 1 saturated heterocycles. The lowest BCUT2D eigenvalue weighted by Gasteiger charge is -2.36. The van der Waals surface area contributed by atoms with Crippen LogP contribution in [-0.2, 0) is 11.3 Å². The molecule has 2 rings (SSSR count). The fourth-order valence-electron chi connectivity index (χ4n) is 2.51. The van der Waals surface area contributed by atoms with E-state index in [4.69, 9.17) is 0 Å². The molecule has 104 valence electrons. The highest BCUT2D eigenvalue weighted by atomic mass is 19.1. The second-order valence-electron chi connectivity index (χ2n) is 4.72. The molecule has 0 aliphatic carbocycles. The number of hydrogen-bond acceptors (Lipinski definition) is 3. The number of benzene rings is 1. The predicted octanol–water partition coefficient (Wildman–Crippen LogP) is 1.26. The summed E-state index contributed by atoms with van der Waals surface area (Å²) in [6, 6.07) is 4.92. The van der Waals surface area contributed by atoms with E-state index in [-0.39, 0.29) is 17.8 Å². The second-order valence-corrected chi connectivity index (χ2v) is 4.72. The van der Waals surface area contributed by atoms with Crippen molar-refractivity contribution in [2.24, 2.45) is 0 Å². The van der Waals surface area contributed by atoms with Crippen LogP contribution >= 0.6 is 0 Å². The summed E-state index contributed by atoms with van der Waals surface area (Å²) in [7, 11) is 1.83. The van der Waals surface area contributed by atoms with Crippen molar-refractivity contribution in [3.63, 3.8) is 0 Å². The van der Waals surface area contributed by atoms with Crippen LogP contribution in [0.2, 0.25) is 0 Å². The Hall–Kier alpha value is -1.62. The van der Waals surface area contributed by atoms with E-state index in [1.165, 1.54) is 6.07 Å². The zero-order valence-corrected chi connectivity index (χ0v) is 11.4. The van der Waals surface area contributed by atoms with Gasteiger partial charge in [0.15, 0.2) is 0 Å². The lowest BCUT2D eigenvalue weighted by atomic mass is 10.1. The van der Waals surface area contributed by atoms with Gasteiger partial charge in [-0.2, -0.15) is 0 Å². The SMILES string of the molecule is CCC1C(=O)NCCN1c1ccc(CNC)cc1F. The third-order valence-electron chi connectivity index (χ3n) is 3.42. The van der Waals surface area contributed by atoms with Crippen molar-refractivity contribution in [3.8, 4) is 0 Å². The van der Waals surface area contributed by atoms with Crippen molar-refractivity contribution in [2.45, 2.75) is 25.9 Å². The number of piperazine rings is 1. The first-order valence-electron chi connectivity index (χ1n) is 6.64. The molecule has 0 saturated carbocycles. The summed E-state index contributed by atoms with van der Waals surface area (Å²) in [5.74, 6) is -0.284. The predicted molar refractivity (Wildman–Crippen MR) is 73.6 cm³/mol. The van der Waals surface area contributed by atoms with Crippen LogP contribution in [-0.4, -0.2) is 32.1 Å². The summed E-state index contributed by atoms with van der Waals surface area (Å²) in [5, 5.41) is 5.81. The molecule has 0 bridgehead atoms. The van der Waals surface area contributed by atoms with Gasteiger partial charge in [-0.15, -0.1) is 0 Å². The molecule has 1 amide bonds. The quantitative estimate of drug-likeness (QED) is 0.861. The summed E-state index contributed by atoms with van der Waals surface area (Å²) in [6.45, 7) is 3.78. The average molecular weight is 265 g/mol. The number of carbonyl (C=O) groups excluding carboxylic acids is 1. The summed E-state index contributed by atoms with van der Waals surface area (Å²) in [4.78, 5) is 13.7. The van der Waals surface area contributed by atoms with Crippen LogP contribution in [0.5, 0.6) is 0 Å².